The van der Waals surface area contributed by atoms with Crippen LogP contribution >= 0.6 is 11.3 Å². The Morgan fingerprint density at radius 3 is 2.84 bits per heavy atom. The standard InChI is InChI=1S/C13H13NO4S/c15-8-11-7-12(14(16)17)1-2-13(11)18-5-3-10-4-6-19-9-10/h1-2,4,6-7,9,15H,3,5,8H2. The van der Waals surface area contributed by atoms with Crippen molar-refractivity contribution in [2.45, 2.75) is 13.0 Å². The molecule has 1 aromatic carbocycles. The summed E-state index contributed by atoms with van der Waals surface area (Å²) in [6.45, 7) is 0.191. The Labute approximate surface area is 114 Å². The summed E-state index contributed by atoms with van der Waals surface area (Å²) in [6, 6.07) is 6.26. The van der Waals surface area contributed by atoms with E-state index in [0.717, 1.165) is 6.42 Å². The third kappa shape index (κ3) is 3.52. The van der Waals surface area contributed by atoms with Crippen LogP contribution in [0.1, 0.15) is 11.1 Å². The molecule has 0 aliphatic rings. The summed E-state index contributed by atoms with van der Waals surface area (Å²) in [7, 11) is 0. The fourth-order valence-electron chi connectivity index (χ4n) is 1.66. The van der Waals surface area contributed by atoms with Crippen molar-refractivity contribution in [3.8, 4) is 5.75 Å². The topological polar surface area (TPSA) is 72.6 Å². The first-order valence-electron chi connectivity index (χ1n) is 5.73. The zero-order valence-corrected chi connectivity index (χ0v) is 10.9. The molecule has 0 aliphatic carbocycles. The van der Waals surface area contributed by atoms with Gasteiger partial charge in [0.2, 0.25) is 0 Å². The second kappa shape index (κ2) is 6.31. The molecule has 0 aliphatic heterocycles. The lowest BCUT2D eigenvalue weighted by molar-refractivity contribution is -0.385. The molecule has 19 heavy (non-hydrogen) atoms. The predicted molar refractivity (Wildman–Crippen MR) is 72.5 cm³/mol. The van der Waals surface area contributed by atoms with Gasteiger partial charge >= 0.3 is 0 Å². The van der Waals surface area contributed by atoms with Crippen LogP contribution in [0.4, 0.5) is 5.69 Å². The number of nitro groups is 1. The van der Waals surface area contributed by atoms with Crippen molar-refractivity contribution in [3.63, 3.8) is 0 Å². The summed E-state index contributed by atoms with van der Waals surface area (Å²) in [5.41, 5.74) is 1.58. The Bertz CT molecular complexity index is 554. The van der Waals surface area contributed by atoms with Gasteiger partial charge < -0.3 is 9.84 Å². The number of non-ortho nitro benzene ring substituents is 1. The minimum Gasteiger partial charge on any atom is -0.493 e. The van der Waals surface area contributed by atoms with Crippen molar-refractivity contribution in [1.29, 1.82) is 0 Å². The van der Waals surface area contributed by atoms with E-state index in [1.54, 1.807) is 11.3 Å². The lowest BCUT2D eigenvalue weighted by atomic mass is 10.2. The molecule has 0 saturated carbocycles. The Morgan fingerprint density at radius 1 is 1.37 bits per heavy atom. The van der Waals surface area contributed by atoms with E-state index in [0.29, 0.717) is 17.9 Å². The number of ether oxygens (including phenoxy) is 1. The first-order chi connectivity index (χ1) is 9.20. The number of hydrogen-bond donors (Lipinski definition) is 1. The third-order valence-corrected chi connectivity index (χ3v) is 3.39. The van der Waals surface area contributed by atoms with Crippen LogP contribution in [-0.4, -0.2) is 16.6 Å². The quantitative estimate of drug-likeness (QED) is 0.652. The van der Waals surface area contributed by atoms with Crippen molar-refractivity contribution in [3.05, 3.63) is 56.3 Å². The number of nitro benzene ring substituents is 1. The fraction of sp³-hybridized carbons (Fsp3) is 0.231. The molecular formula is C13H13NO4S. The lowest BCUT2D eigenvalue weighted by Crippen LogP contribution is -2.03. The number of aliphatic hydroxyl groups is 1. The highest BCUT2D eigenvalue weighted by atomic mass is 32.1. The average molecular weight is 279 g/mol. The molecule has 100 valence electrons. The second-order valence-electron chi connectivity index (χ2n) is 3.94. The predicted octanol–water partition coefficient (Wildman–Crippen LogP) is 2.77. The van der Waals surface area contributed by atoms with Crippen LogP contribution in [-0.2, 0) is 13.0 Å². The maximum absolute atomic E-state index is 10.6. The van der Waals surface area contributed by atoms with E-state index in [1.807, 2.05) is 16.8 Å². The van der Waals surface area contributed by atoms with Gasteiger partial charge in [0, 0.05) is 24.1 Å². The summed E-state index contributed by atoms with van der Waals surface area (Å²) in [5, 5.41) is 23.9. The first kappa shape index (κ1) is 13.5. The van der Waals surface area contributed by atoms with Crippen molar-refractivity contribution in [2.75, 3.05) is 6.61 Å². The zero-order chi connectivity index (χ0) is 13.7. The van der Waals surface area contributed by atoms with Gasteiger partial charge in [-0.05, 0) is 28.5 Å². The van der Waals surface area contributed by atoms with E-state index in [1.165, 1.54) is 23.8 Å². The number of nitrogens with zero attached hydrogens (tertiary/aromatic N) is 1. The molecule has 1 N–H and O–H groups in total. The molecule has 0 amide bonds. The van der Waals surface area contributed by atoms with E-state index in [2.05, 4.69) is 0 Å². The molecule has 2 aromatic rings. The van der Waals surface area contributed by atoms with Crippen molar-refractivity contribution < 1.29 is 14.8 Å². The van der Waals surface area contributed by atoms with Crippen LogP contribution in [0.5, 0.6) is 5.75 Å². The molecule has 1 aromatic heterocycles. The second-order valence-corrected chi connectivity index (χ2v) is 4.72. The fourth-order valence-corrected chi connectivity index (χ4v) is 2.36. The highest BCUT2D eigenvalue weighted by molar-refractivity contribution is 7.07. The van der Waals surface area contributed by atoms with E-state index in [9.17, 15) is 15.2 Å². The smallest absolute Gasteiger partial charge is 0.270 e. The van der Waals surface area contributed by atoms with Crippen molar-refractivity contribution >= 4 is 17.0 Å². The van der Waals surface area contributed by atoms with Crippen LogP contribution in [0.2, 0.25) is 0 Å². The Balaban J connectivity index is 2.01. The molecule has 0 bridgehead atoms. The van der Waals surface area contributed by atoms with Gasteiger partial charge in [-0.15, -0.1) is 0 Å². The minimum atomic E-state index is -0.492. The maximum atomic E-state index is 10.6. The number of hydrogen-bond acceptors (Lipinski definition) is 5. The molecular weight excluding hydrogens is 266 g/mol. The summed E-state index contributed by atoms with van der Waals surface area (Å²) >= 11 is 1.63. The molecule has 0 unspecified atom stereocenters. The van der Waals surface area contributed by atoms with Gasteiger partial charge in [-0.25, -0.2) is 0 Å². The van der Waals surface area contributed by atoms with E-state index >= 15 is 0 Å². The molecule has 5 nitrogen and oxygen atoms in total. The summed E-state index contributed by atoms with van der Waals surface area (Å²) < 4.78 is 5.56. The molecule has 0 saturated heterocycles. The number of thiophene rings is 1. The lowest BCUT2D eigenvalue weighted by Gasteiger charge is -2.09. The van der Waals surface area contributed by atoms with Gasteiger partial charge in [0.25, 0.3) is 5.69 Å². The minimum absolute atomic E-state index is 0.0470. The van der Waals surface area contributed by atoms with E-state index in [4.69, 9.17) is 4.74 Å². The van der Waals surface area contributed by atoms with Gasteiger partial charge in [0.05, 0.1) is 18.1 Å². The van der Waals surface area contributed by atoms with Crippen LogP contribution in [0, 0.1) is 10.1 Å². The van der Waals surface area contributed by atoms with Gasteiger partial charge in [-0.2, -0.15) is 11.3 Å². The van der Waals surface area contributed by atoms with E-state index in [-0.39, 0.29) is 12.3 Å². The van der Waals surface area contributed by atoms with Crippen molar-refractivity contribution in [1.82, 2.24) is 0 Å². The molecule has 0 spiro atoms. The van der Waals surface area contributed by atoms with Crippen LogP contribution < -0.4 is 4.74 Å². The Hall–Kier alpha value is -1.92. The average Bonchev–Trinajstić information content (AvgIpc) is 2.92. The van der Waals surface area contributed by atoms with Crippen LogP contribution in [0.3, 0.4) is 0 Å². The van der Waals surface area contributed by atoms with Gasteiger partial charge in [0.1, 0.15) is 5.75 Å². The largest absolute Gasteiger partial charge is 0.493 e. The molecule has 1 heterocycles. The molecule has 6 heteroatoms. The van der Waals surface area contributed by atoms with Gasteiger partial charge in [-0.3, -0.25) is 10.1 Å². The maximum Gasteiger partial charge on any atom is 0.270 e. The molecule has 2 rings (SSSR count). The summed E-state index contributed by atoms with van der Waals surface area (Å²) in [4.78, 5) is 10.1. The highest BCUT2D eigenvalue weighted by Crippen LogP contribution is 2.24. The molecule has 0 atom stereocenters. The van der Waals surface area contributed by atoms with Gasteiger partial charge in [-0.1, -0.05) is 0 Å². The van der Waals surface area contributed by atoms with E-state index < -0.39 is 4.92 Å². The van der Waals surface area contributed by atoms with Crippen LogP contribution in [0.25, 0.3) is 0 Å². The number of aliphatic hydroxyl groups excluding tert-OH is 1. The first-order valence-corrected chi connectivity index (χ1v) is 6.67. The summed E-state index contributed by atoms with van der Waals surface area (Å²) in [5.74, 6) is 0.489. The number of benzene rings is 1. The third-order valence-electron chi connectivity index (χ3n) is 2.65. The number of rotatable bonds is 6. The summed E-state index contributed by atoms with van der Waals surface area (Å²) in [6.07, 6.45) is 0.769. The van der Waals surface area contributed by atoms with Gasteiger partial charge in [0.15, 0.2) is 0 Å². The Kier molecular flexibility index (Phi) is 4.48. The van der Waals surface area contributed by atoms with Crippen LogP contribution in [0.15, 0.2) is 35.0 Å². The Morgan fingerprint density at radius 2 is 2.21 bits per heavy atom. The molecule has 0 fully saturated rings. The molecule has 0 radical (unpaired) electrons. The van der Waals surface area contributed by atoms with Crippen molar-refractivity contribution in [2.24, 2.45) is 0 Å². The highest BCUT2D eigenvalue weighted by Gasteiger charge is 2.11. The zero-order valence-electron chi connectivity index (χ0n) is 10.1. The monoisotopic (exact) mass is 279 g/mol. The normalized spacial score (nSPS) is 10.4. The SMILES string of the molecule is O=[N+]([O-])c1ccc(OCCc2ccsc2)c(CO)c1.